The van der Waals surface area contributed by atoms with Crippen molar-refractivity contribution in [3.63, 3.8) is 0 Å². The van der Waals surface area contributed by atoms with Crippen LogP contribution in [-0.2, 0) is 54.4 Å². The highest BCUT2D eigenvalue weighted by molar-refractivity contribution is 7.92. The second-order valence-corrected chi connectivity index (χ2v) is 25.3. The summed E-state index contributed by atoms with van der Waals surface area (Å²) in [6, 6.07) is 14.8. The van der Waals surface area contributed by atoms with E-state index in [0.717, 1.165) is 51.2 Å². The van der Waals surface area contributed by atoms with E-state index in [1.54, 1.807) is 82.8 Å². The van der Waals surface area contributed by atoms with Crippen molar-refractivity contribution >= 4 is 83.4 Å². The molecule has 21 nitrogen and oxygen atoms in total. The van der Waals surface area contributed by atoms with Crippen molar-refractivity contribution in [1.82, 2.24) is 35.7 Å². The highest BCUT2D eigenvalue weighted by atomic mass is 32.2. The molecule has 0 unspecified atom stereocenters. The molecule has 7 rings (SSSR count). The highest BCUT2D eigenvalue weighted by Crippen LogP contribution is 2.38. The molecule has 5 aromatic rings. The molecule has 1 fully saturated rings. The molecular formula is C56H74N8O13S2. The van der Waals surface area contributed by atoms with Crippen LogP contribution in [0.25, 0.3) is 21.1 Å². The number of hydrogen-bond acceptors (Lipinski definition) is 16. The van der Waals surface area contributed by atoms with Gasteiger partial charge in [0.2, 0.25) is 23.6 Å². The summed E-state index contributed by atoms with van der Waals surface area (Å²) >= 11 is 1.55. The Bertz CT molecular complexity index is 3070. The Labute approximate surface area is 465 Å². The van der Waals surface area contributed by atoms with E-state index in [1.807, 2.05) is 42.5 Å². The summed E-state index contributed by atoms with van der Waals surface area (Å²) < 4.78 is 56.3. The largest absolute Gasteiger partial charge is 0.490 e. The molecule has 1 aliphatic carbocycles. The van der Waals surface area contributed by atoms with Gasteiger partial charge in [-0.05, 0) is 100 Å². The van der Waals surface area contributed by atoms with Crippen LogP contribution in [-0.4, -0.2) is 165 Å². The van der Waals surface area contributed by atoms with Gasteiger partial charge in [-0.25, -0.2) is 18.2 Å². The van der Waals surface area contributed by atoms with Crippen molar-refractivity contribution in [3.05, 3.63) is 83.5 Å². The lowest BCUT2D eigenvalue weighted by Crippen LogP contribution is -2.60. The Morgan fingerprint density at radius 1 is 0.848 bits per heavy atom. The number of sulfone groups is 1. The average Bonchev–Trinajstić information content (AvgIpc) is 4.16. The van der Waals surface area contributed by atoms with Crippen LogP contribution in [0.3, 0.4) is 0 Å². The van der Waals surface area contributed by atoms with Crippen LogP contribution in [0.1, 0.15) is 84.9 Å². The van der Waals surface area contributed by atoms with Crippen LogP contribution < -0.4 is 26.0 Å². The van der Waals surface area contributed by atoms with Crippen LogP contribution in [0.2, 0.25) is 0 Å². The summed E-state index contributed by atoms with van der Waals surface area (Å²) in [5.41, 5.74) is 6.02. The first-order valence-corrected chi connectivity index (χ1v) is 28.9. The van der Waals surface area contributed by atoms with Gasteiger partial charge in [-0.15, -0.1) is 11.3 Å². The van der Waals surface area contributed by atoms with Gasteiger partial charge in [0.25, 0.3) is 0 Å². The number of pyridine rings is 1. The van der Waals surface area contributed by atoms with Crippen LogP contribution in [0.15, 0.2) is 77.3 Å². The van der Waals surface area contributed by atoms with Crippen molar-refractivity contribution in [2.45, 2.75) is 114 Å². The molecule has 0 bridgehead atoms. The number of ether oxygens (including phenoxy) is 5. The molecule has 0 spiro atoms. The van der Waals surface area contributed by atoms with Crippen LogP contribution in [0.4, 0.5) is 16.2 Å². The number of fused-ring (bicyclic) bond motifs is 3. The molecule has 1 aliphatic heterocycles. The molecule has 5 amide bonds. The molecule has 428 valence electrons. The monoisotopic (exact) mass is 1130 g/mol. The summed E-state index contributed by atoms with van der Waals surface area (Å²) in [6.45, 7) is 12.9. The van der Waals surface area contributed by atoms with Crippen molar-refractivity contribution in [1.29, 1.82) is 0 Å². The zero-order valence-electron chi connectivity index (χ0n) is 46.2. The summed E-state index contributed by atoms with van der Waals surface area (Å²) in [5.74, 6) is -1.86. The van der Waals surface area contributed by atoms with Crippen LogP contribution >= 0.6 is 11.3 Å². The molecule has 5 N–H and O–H groups in total. The zero-order valence-corrected chi connectivity index (χ0v) is 47.8. The number of nitrogens with zero attached hydrogens (tertiary/aromatic N) is 4. The first-order chi connectivity index (χ1) is 37.5. The van der Waals surface area contributed by atoms with E-state index in [-0.39, 0.29) is 95.0 Å². The van der Waals surface area contributed by atoms with Gasteiger partial charge >= 0.3 is 6.09 Å². The number of carboxylic acid groups (broad SMARTS) is 1. The molecule has 79 heavy (non-hydrogen) atoms. The van der Waals surface area contributed by atoms with Crippen molar-refractivity contribution in [2.24, 2.45) is 5.41 Å². The summed E-state index contributed by atoms with van der Waals surface area (Å²) in [4.78, 5) is 78.0. The fraction of sp³-hybridized carbons (Fsp3) is 0.518. The molecule has 3 aromatic carbocycles. The maximum Gasteiger partial charge on any atom is 0.407 e. The maximum atomic E-state index is 14.5. The molecule has 1 saturated heterocycles. The first kappa shape index (κ1) is 60.1. The summed E-state index contributed by atoms with van der Waals surface area (Å²) in [6.07, 6.45) is 2.95. The Morgan fingerprint density at radius 2 is 1.53 bits per heavy atom. The third-order valence-electron chi connectivity index (χ3n) is 13.9. The Kier molecular flexibility index (Phi) is 20.3. The number of benzene rings is 3. The van der Waals surface area contributed by atoms with E-state index in [2.05, 4.69) is 31.2 Å². The lowest BCUT2D eigenvalue weighted by atomic mass is 9.85. The predicted molar refractivity (Wildman–Crippen MR) is 299 cm³/mol. The predicted octanol–water partition coefficient (Wildman–Crippen LogP) is 6.41. The van der Waals surface area contributed by atoms with Gasteiger partial charge in [0.15, 0.2) is 9.84 Å². The number of aromatic nitrogens is 2. The minimum Gasteiger partial charge on any atom is -0.490 e. The normalized spacial score (nSPS) is 17.4. The van der Waals surface area contributed by atoms with E-state index in [9.17, 15) is 37.5 Å². The fourth-order valence-electron chi connectivity index (χ4n) is 9.33. The number of carbonyl (C=O) groups is 5. The van der Waals surface area contributed by atoms with E-state index in [1.165, 1.54) is 18.9 Å². The van der Waals surface area contributed by atoms with E-state index >= 15 is 0 Å². The minimum atomic E-state index is -3.85. The average molecular weight is 1130 g/mol. The molecule has 2 aliphatic rings. The van der Waals surface area contributed by atoms with Crippen LogP contribution in [0.5, 0.6) is 5.75 Å². The number of amides is 5. The number of anilines is 2. The van der Waals surface area contributed by atoms with Gasteiger partial charge in [0.05, 0.1) is 78.3 Å². The second kappa shape index (κ2) is 26.6. The third kappa shape index (κ3) is 15.5. The zero-order chi connectivity index (χ0) is 57.1. The van der Waals surface area contributed by atoms with Gasteiger partial charge in [0.1, 0.15) is 42.0 Å². The lowest BCUT2D eigenvalue weighted by Gasteiger charge is -2.37. The fourth-order valence-corrected chi connectivity index (χ4v) is 11.3. The second-order valence-electron chi connectivity index (χ2n) is 21.7. The molecule has 2 aromatic heterocycles. The van der Waals surface area contributed by atoms with Gasteiger partial charge in [-0.2, -0.15) is 0 Å². The van der Waals surface area contributed by atoms with Crippen molar-refractivity contribution in [3.8, 4) is 5.75 Å². The minimum absolute atomic E-state index is 0.0138. The lowest BCUT2D eigenvalue weighted by molar-refractivity contribution is -0.144. The summed E-state index contributed by atoms with van der Waals surface area (Å²) in [7, 11) is -2.58. The number of nitrogens with one attached hydrogen (secondary N) is 4. The van der Waals surface area contributed by atoms with E-state index in [4.69, 9.17) is 23.7 Å². The molecular weight excluding hydrogens is 1060 g/mol. The van der Waals surface area contributed by atoms with Crippen molar-refractivity contribution in [2.75, 3.05) is 78.4 Å². The molecule has 0 saturated carbocycles. The quantitative estimate of drug-likeness (QED) is 0.0395. The van der Waals surface area contributed by atoms with Crippen molar-refractivity contribution < 1.29 is 61.2 Å². The number of thiazole rings is 1. The number of carbonyl (C=O) groups excluding carboxylic acids is 4. The Hall–Kier alpha value is -6.50. The topological polar surface area (TPSA) is 266 Å². The third-order valence-corrected chi connectivity index (χ3v) is 17.3. The molecule has 5 atom stereocenters. The SMILES string of the molecule is C[C@@H](C(=O)N[C@H](C(=O)N1C[C@@H](NC(=O)COCCOCCOCCOCCOc2cc3nccc(Nc4ccc5scnc5c4)c3cc2S(=O)(=O)C(C)(C)C)C[C@H]1C(=O)N[C@@H]1CCCc2ccccc21)C(C)(C)C)N(C)C(=O)O. The first-order valence-electron chi connectivity index (χ1n) is 26.5. The number of aryl methyl sites for hydroxylation is 1. The van der Waals surface area contributed by atoms with Gasteiger partial charge in [0, 0.05) is 48.7 Å². The number of likely N-dealkylation sites (N-methyl/N-ethyl adjacent to an activating group) is 1. The Morgan fingerprint density at radius 3 is 2.22 bits per heavy atom. The number of likely N-dealkylation sites (tertiary alicyclic amines) is 1. The molecule has 0 radical (unpaired) electrons. The van der Waals surface area contributed by atoms with Gasteiger partial charge in [-0.1, -0.05) is 45.0 Å². The smallest absolute Gasteiger partial charge is 0.407 e. The molecule has 3 heterocycles. The summed E-state index contributed by atoms with van der Waals surface area (Å²) in [5, 5.41) is 22.3. The number of rotatable bonds is 25. The number of hydrogen-bond donors (Lipinski definition) is 5. The maximum absolute atomic E-state index is 14.5. The Balaban J connectivity index is 0.826. The van der Waals surface area contributed by atoms with Gasteiger partial charge in [-0.3, -0.25) is 29.1 Å². The standard InChI is InChI=1S/C56H74N8O13S2/c1-35(63(8)54(69)70)51(66)62-50(55(2,3)4)53(68)64-32-38(29-45(64)52(67)61-41-15-11-13-36-12-9-10-14-39(36)41)60-49(65)33-76-25-24-74-21-20-73-22-23-75-26-27-77-46-31-43-40(30-48(46)79(71,72)56(5,6)7)42(18-19-57-43)59-37-16-17-47-44(28-37)58-34-78-47/h9-10,12,14,16-19,28,30-31,34-35,38,41,45,50H,11,13,15,20-27,29,32-33H2,1-8H3,(H,57,59)(H,60,65)(H,61,67)(H,62,66)(H,69,70)/t35-,38-,41+,45-,50+/m0/s1. The highest BCUT2D eigenvalue weighted by Gasteiger charge is 2.46. The van der Waals surface area contributed by atoms with E-state index < -0.39 is 68.0 Å². The van der Waals surface area contributed by atoms with Gasteiger partial charge < -0.3 is 55.0 Å². The van der Waals surface area contributed by atoms with E-state index in [0.29, 0.717) is 16.6 Å². The molecule has 23 heteroatoms. The van der Waals surface area contributed by atoms with Crippen LogP contribution in [0, 0.1) is 5.41 Å².